The highest BCUT2D eigenvalue weighted by Gasteiger charge is 2.20. The Morgan fingerprint density at radius 3 is 2.35 bits per heavy atom. The molecule has 0 radical (unpaired) electrons. The van der Waals surface area contributed by atoms with Crippen LogP contribution in [0.3, 0.4) is 0 Å². The lowest BCUT2D eigenvalue weighted by atomic mass is 9.92. The van der Waals surface area contributed by atoms with Crippen molar-refractivity contribution in [2.24, 2.45) is 11.3 Å². The van der Waals surface area contributed by atoms with Crippen LogP contribution >= 0.6 is 11.3 Å². The number of nitrogens with one attached hydrogen (secondary N) is 2. The molecule has 1 rings (SSSR count). The summed E-state index contributed by atoms with van der Waals surface area (Å²) in [7, 11) is 0. The lowest BCUT2D eigenvalue weighted by Gasteiger charge is -2.18. The number of carbonyl (C=O) groups is 1. The lowest BCUT2D eigenvalue weighted by Crippen LogP contribution is -2.21. The molecule has 5 heteroatoms. The molecule has 0 saturated heterocycles. The molecule has 0 atom stereocenters. The number of nitrogens with zero attached hydrogens (tertiary/aromatic N) is 1. The maximum absolute atomic E-state index is 12.3. The van der Waals surface area contributed by atoms with Crippen LogP contribution in [0.25, 0.3) is 0 Å². The third-order valence-corrected chi connectivity index (χ3v) is 5.18. The van der Waals surface area contributed by atoms with Crippen molar-refractivity contribution in [1.82, 2.24) is 0 Å². The van der Waals surface area contributed by atoms with Crippen LogP contribution in [0.2, 0.25) is 0 Å². The van der Waals surface area contributed by atoms with Crippen molar-refractivity contribution in [3.63, 3.8) is 0 Å². The summed E-state index contributed by atoms with van der Waals surface area (Å²) < 4.78 is 0. The minimum atomic E-state index is 0.00116. The van der Waals surface area contributed by atoms with E-state index in [0.29, 0.717) is 10.6 Å². The lowest BCUT2D eigenvalue weighted by molar-refractivity contribution is -0.120. The molecule has 1 amide bonds. The molecular weight excluding hydrogens is 306 g/mol. The van der Waals surface area contributed by atoms with Gasteiger partial charge in [-0.1, -0.05) is 46.0 Å². The predicted molar refractivity (Wildman–Crippen MR) is 99.0 cm³/mol. The molecule has 0 saturated carbocycles. The Hall–Kier alpha value is -1.54. The van der Waals surface area contributed by atoms with E-state index in [4.69, 9.17) is 0 Å². The topological polar surface area (TPSA) is 64.9 Å². The summed E-state index contributed by atoms with van der Waals surface area (Å²) in [6.45, 7) is 13.4. The first kappa shape index (κ1) is 19.5. The maximum atomic E-state index is 12.3. The first-order valence-corrected chi connectivity index (χ1v) is 9.13. The zero-order valence-corrected chi connectivity index (χ0v) is 16.0. The Bertz CT molecular complexity index is 574. The molecule has 0 aliphatic heterocycles. The smallest absolute Gasteiger partial charge is 0.228 e. The molecule has 128 valence electrons. The maximum Gasteiger partial charge on any atom is 0.228 e. The SMILES string of the molecule is CCC(CC)C(=O)Nc1sc(NCCC(C)(C)C)c(C)c1C#N. The molecule has 4 nitrogen and oxygen atoms in total. The summed E-state index contributed by atoms with van der Waals surface area (Å²) in [4.78, 5) is 12.3. The largest absolute Gasteiger partial charge is 0.377 e. The number of rotatable bonds is 7. The number of anilines is 2. The van der Waals surface area contributed by atoms with Crippen LogP contribution in [-0.4, -0.2) is 12.5 Å². The van der Waals surface area contributed by atoms with E-state index in [9.17, 15) is 10.1 Å². The van der Waals surface area contributed by atoms with Gasteiger partial charge in [-0.05, 0) is 31.6 Å². The monoisotopic (exact) mass is 335 g/mol. The fourth-order valence-corrected chi connectivity index (χ4v) is 3.42. The second kappa shape index (κ2) is 8.35. The second-order valence-corrected chi connectivity index (χ2v) is 8.13. The normalized spacial score (nSPS) is 11.4. The molecule has 0 aliphatic rings. The van der Waals surface area contributed by atoms with Gasteiger partial charge in [0.05, 0.1) is 10.6 Å². The second-order valence-electron chi connectivity index (χ2n) is 7.11. The van der Waals surface area contributed by atoms with Gasteiger partial charge in [-0.3, -0.25) is 4.79 Å². The predicted octanol–water partition coefficient (Wildman–Crippen LogP) is 5.15. The molecule has 23 heavy (non-hydrogen) atoms. The molecule has 2 N–H and O–H groups in total. The standard InChI is InChI=1S/C18H29N3OS/c1-7-13(8-2)15(22)21-17-14(11-19)12(3)16(23-17)20-10-9-18(4,5)6/h13,20H,7-10H2,1-6H3,(H,21,22). The molecule has 0 spiro atoms. The first-order valence-electron chi connectivity index (χ1n) is 8.31. The van der Waals surface area contributed by atoms with Crippen molar-refractivity contribution < 1.29 is 4.79 Å². The zero-order valence-electron chi connectivity index (χ0n) is 15.2. The van der Waals surface area contributed by atoms with E-state index in [-0.39, 0.29) is 17.2 Å². The Morgan fingerprint density at radius 2 is 1.87 bits per heavy atom. The number of amides is 1. The molecule has 1 aromatic rings. The van der Waals surface area contributed by atoms with Crippen LogP contribution in [-0.2, 0) is 4.79 Å². The molecule has 0 unspecified atom stereocenters. The third-order valence-electron chi connectivity index (χ3n) is 4.01. The molecule has 0 aliphatic carbocycles. The van der Waals surface area contributed by atoms with Crippen LogP contribution in [0.1, 0.15) is 65.0 Å². The van der Waals surface area contributed by atoms with Crippen molar-refractivity contribution in [2.45, 2.75) is 60.8 Å². The van der Waals surface area contributed by atoms with Gasteiger partial charge in [0.25, 0.3) is 0 Å². The van der Waals surface area contributed by atoms with Crippen molar-refractivity contribution >= 4 is 27.2 Å². The van der Waals surface area contributed by atoms with Crippen molar-refractivity contribution in [1.29, 1.82) is 5.26 Å². The van der Waals surface area contributed by atoms with E-state index in [2.05, 4.69) is 37.5 Å². The van der Waals surface area contributed by atoms with E-state index in [1.807, 2.05) is 20.8 Å². The summed E-state index contributed by atoms with van der Waals surface area (Å²) in [5.41, 5.74) is 1.77. The van der Waals surface area contributed by atoms with Gasteiger partial charge in [0.2, 0.25) is 5.91 Å². The number of nitriles is 1. The Kier molecular flexibility index (Phi) is 7.08. The Balaban J connectivity index is 2.87. The molecule has 0 aromatic carbocycles. The van der Waals surface area contributed by atoms with E-state index < -0.39 is 0 Å². The van der Waals surface area contributed by atoms with Crippen LogP contribution < -0.4 is 10.6 Å². The number of thiophene rings is 1. The van der Waals surface area contributed by atoms with E-state index >= 15 is 0 Å². The Morgan fingerprint density at radius 1 is 1.26 bits per heavy atom. The average Bonchev–Trinajstić information content (AvgIpc) is 2.74. The highest BCUT2D eigenvalue weighted by Crippen LogP contribution is 2.37. The van der Waals surface area contributed by atoms with Crippen LogP contribution in [0.5, 0.6) is 0 Å². The van der Waals surface area contributed by atoms with Crippen molar-refractivity contribution in [3.05, 3.63) is 11.1 Å². The van der Waals surface area contributed by atoms with Gasteiger partial charge >= 0.3 is 0 Å². The average molecular weight is 336 g/mol. The van der Waals surface area contributed by atoms with Gasteiger partial charge in [-0.15, -0.1) is 0 Å². The number of hydrogen-bond acceptors (Lipinski definition) is 4. The van der Waals surface area contributed by atoms with Crippen LogP contribution in [0.15, 0.2) is 0 Å². The van der Waals surface area contributed by atoms with Gasteiger partial charge in [0.15, 0.2) is 0 Å². The van der Waals surface area contributed by atoms with Crippen LogP contribution in [0, 0.1) is 29.6 Å². The number of carbonyl (C=O) groups excluding carboxylic acids is 1. The fraction of sp³-hybridized carbons (Fsp3) is 0.667. The Labute approximate surface area is 144 Å². The van der Waals surface area contributed by atoms with E-state index in [0.717, 1.165) is 36.4 Å². The van der Waals surface area contributed by atoms with E-state index in [1.54, 1.807) is 0 Å². The zero-order chi connectivity index (χ0) is 17.6. The molecule has 1 aromatic heterocycles. The molecule has 0 fully saturated rings. The fourth-order valence-electron chi connectivity index (χ4n) is 2.33. The number of hydrogen-bond donors (Lipinski definition) is 2. The highest BCUT2D eigenvalue weighted by molar-refractivity contribution is 7.20. The minimum absolute atomic E-state index is 0.00116. The minimum Gasteiger partial charge on any atom is -0.377 e. The van der Waals surface area contributed by atoms with Gasteiger partial charge in [0, 0.05) is 18.0 Å². The van der Waals surface area contributed by atoms with E-state index in [1.165, 1.54) is 11.3 Å². The highest BCUT2D eigenvalue weighted by atomic mass is 32.1. The van der Waals surface area contributed by atoms with Gasteiger partial charge in [-0.25, -0.2) is 0 Å². The van der Waals surface area contributed by atoms with Crippen molar-refractivity contribution in [2.75, 3.05) is 17.2 Å². The summed E-state index contributed by atoms with van der Waals surface area (Å²) in [6, 6.07) is 2.23. The summed E-state index contributed by atoms with van der Waals surface area (Å²) >= 11 is 1.46. The summed E-state index contributed by atoms with van der Waals surface area (Å²) in [5.74, 6) is 0.00948. The van der Waals surface area contributed by atoms with Gasteiger partial charge < -0.3 is 10.6 Å². The summed E-state index contributed by atoms with van der Waals surface area (Å²) in [6.07, 6.45) is 2.66. The molecule has 1 heterocycles. The molecule has 0 bridgehead atoms. The van der Waals surface area contributed by atoms with Gasteiger partial charge in [0.1, 0.15) is 11.1 Å². The quantitative estimate of drug-likeness (QED) is 0.724. The van der Waals surface area contributed by atoms with Gasteiger partial charge in [-0.2, -0.15) is 5.26 Å². The molecular formula is C18H29N3OS. The summed E-state index contributed by atoms with van der Waals surface area (Å²) in [5, 5.41) is 17.4. The first-order chi connectivity index (χ1) is 10.7. The van der Waals surface area contributed by atoms with Crippen LogP contribution in [0.4, 0.5) is 10.0 Å². The van der Waals surface area contributed by atoms with Crippen molar-refractivity contribution in [3.8, 4) is 6.07 Å². The third kappa shape index (κ3) is 5.54.